The minimum absolute atomic E-state index is 0.0767. The first-order chi connectivity index (χ1) is 21.2. The average Bonchev–Trinajstić information content (AvgIpc) is 3.00. The molecular formula is C35H39N3O6. The minimum Gasteiger partial charge on any atom is -0.490 e. The summed E-state index contributed by atoms with van der Waals surface area (Å²) in [5.74, 6) is 0.597. The summed E-state index contributed by atoms with van der Waals surface area (Å²) in [6.45, 7) is 8.15. The molecule has 230 valence electrons. The molecule has 0 aliphatic rings. The van der Waals surface area contributed by atoms with Crippen molar-refractivity contribution in [3.8, 4) is 11.5 Å². The Labute approximate surface area is 258 Å². The van der Waals surface area contributed by atoms with E-state index in [9.17, 15) is 9.59 Å². The third-order valence-electron chi connectivity index (χ3n) is 6.32. The predicted molar refractivity (Wildman–Crippen MR) is 171 cm³/mol. The van der Waals surface area contributed by atoms with Crippen molar-refractivity contribution in [1.29, 1.82) is 0 Å². The van der Waals surface area contributed by atoms with Crippen molar-refractivity contribution in [2.24, 2.45) is 5.10 Å². The van der Waals surface area contributed by atoms with Crippen LogP contribution in [0.25, 0.3) is 10.8 Å². The maximum Gasteiger partial charge on any atom is 0.408 e. The van der Waals surface area contributed by atoms with Crippen LogP contribution >= 0.6 is 0 Å². The predicted octanol–water partition coefficient (Wildman–Crippen LogP) is 6.38. The molecule has 0 aromatic heterocycles. The van der Waals surface area contributed by atoms with E-state index < -0.39 is 23.6 Å². The lowest BCUT2D eigenvalue weighted by atomic mass is 10.1. The van der Waals surface area contributed by atoms with Crippen molar-refractivity contribution in [3.63, 3.8) is 0 Å². The summed E-state index contributed by atoms with van der Waals surface area (Å²) < 4.78 is 23.0. The number of rotatable bonds is 13. The molecule has 0 radical (unpaired) electrons. The van der Waals surface area contributed by atoms with Crippen molar-refractivity contribution in [3.05, 3.63) is 108 Å². The molecule has 4 aromatic carbocycles. The number of carbonyl (C=O) groups is 2. The monoisotopic (exact) mass is 597 g/mol. The molecule has 0 fully saturated rings. The number of carbonyl (C=O) groups excluding carboxylic acids is 2. The molecule has 4 rings (SSSR count). The van der Waals surface area contributed by atoms with E-state index in [1.165, 1.54) is 6.21 Å². The zero-order valence-corrected chi connectivity index (χ0v) is 25.5. The Morgan fingerprint density at radius 2 is 1.61 bits per heavy atom. The van der Waals surface area contributed by atoms with Crippen molar-refractivity contribution in [1.82, 2.24) is 10.7 Å². The Hall–Kier alpha value is -4.89. The summed E-state index contributed by atoms with van der Waals surface area (Å²) in [4.78, 5) is 25.4. The van der Waals surface area contributed by atoms with E-state index in [1.54, 1.807) is 26.8 Å². The van der Waals surface area contributed by atoms with Gasteiger partial charge >= 0.3 is 6.09 Å². The van der Waals surface area contributed by atoms with E-state index in [1.807, 2.05) is 73.7 Å². The first-order valence-electron chi connectivity index (χ1n) is 14.5. The largest absolute Gasteiger partial charge is 0.490 e. The summed E-state index contributed by atoms with van der Waals surface area (Å²) in [5, 5.41) is 8.96. The molecular weight excluding hydrogens is 558 g/mol. The van der Waals surface area contributed by atoms with E-state index in [-0.39, 0.29) is 13.2 Å². The summed E-state index contributed by atoms with van der Waals surface area (Å²) >= 11 is 0. The molecule has 0 bridgehead atoms. The van der Waals surface area contributed by atoms with E-state index in [0.29, 0.717) is 30.3 Å². The van der Waals surface area contributed by atoms with Crippen LogP contribution in [0.3, 0.4) is 0 Å². The van der Waals surface area contributed by atoms with E-state index in [0.717, 1.165) is 21.9 Å². The number of hydrogen-bond donors (Lipinski definition) is 2. The Kier molecular flexibility index (Phi) is 11.3. The number of nitrogens with one attached hydrogen (secondary N) is 2. The van der Waals surface area contributed by atoms with Crippen LogP contribution in [0.5, 0.6) is 11.5 Å². The summed E-state index contributed by atoms with van der Waals surface area (Å²) in [6, 6.07) is 28.2. The summed E-state index contributed by atoms with van der Waals surface area (Å²) in [5.41, 5.74) is 4.46. The van der Waals surface area contributed by atoms with Crippen molar-refractivity contribution in [2.45, 2.75) is 52.6 Å². The van der Waals surface area contributed by atoms with Crippen LogP contribution in [0.2, 0.25) is 0 Å². The zero-order chi connectivity index (χ0) is 31.4. The molecule has 0 aliphatic carbocycles. The van der Waals surface area contributed by atoms with Crippen molar-refractivity contribution >= 4 is 29.0 Å². The van der Waals surface area contributed by atoms with Crippen LogP contribution in [0.4, 0.5) is 4.79 Å². The lowest BCUT2D eigenvalue weighted by Gasteiger charge is -2.22. The lowest BCUT2D eigenvalue weighted by molar-refractivity contribution is -0.124. The number of nitrogens with zero attached hydrogens (tertiary/aromatic N) is 1. The number of benzene rings is 4. The highest BCUT2D eigenvalue weighted by atomic mass is 16.6. The third kappa shape index (κ3) is 9.84. The van der Waals surface area contributed by atoms with Gasteiger partial charge in [0.2, 0.25) is 0 Å². The van der Waals surface area contributed by atoms with Crippen LogP contribution in [0, 0.1) is 0 Å². The maximum atomic E-state index is 13.0. The molecule has 0 heterocycles. The number of hydrogen-bond acceptors (Lipinski definition) is 7. The number of ether oxygens (including phenoxy) is 4. The highest BCUT2D eigenvalue weighted by Gasteiger charge is 2.24. The highest BCUT2D eigenvalue weighted by molar-refractivity contribution is 5.88. The van der Waals surface area contributed by atoms with Gasteiger partial charge in [0.25, 0.3) is 5.91 Å². The van der Waals surface area contributed by atoms with Gasteiger partial charge < -0.3 is 24.3 Å². The van der Waals surface area contributed by atoms with Gasteiger partial charge in [0, 0.05) is 0 Å². The number of alkyl carbamates (subject to hydrolysis) is 1. The lowest BCUT2D eigenvalue weighted by Crippen LogP contribution is -2.49. The van der Waals surface area contributed by atoms with Gasteiger partial charge in [-0.05, 0) is 73.4 Å². The Bertz CT molecular complexity index is 1560. The van der Waals surface area contributed by atoms with Crippen LogP contribution in [-0.4, -0.2) is 43.1 Å². The number of hydrazone groups is 1. The van der Waals surface area contributed by atoms with Crippen LogP contribution < -0.4 is 20.2 Å². The number of fused-ring (bicyclic) bond motifs is 1. The van der Waals surface area contributed by atoms with Crippen LogP contribution in [0.15, 0.2) is 96.1 Å². The highest BCUT2D eigenvalue weighted by Crippen LogP contribution is 2.30. The summed E-state index contributed by atoms with van der Waals surface area (Å²) in [7, 11) is 0. The van der Waals surface area contributed by atoms with Crippen molar-refractivity contribution < 1.29 is 28.5 Å². The van der Waals surface area contributed by atoms with Gasteiger partial charge in [-0.3, -0.25) is 4.79 Å². The fourth-order valence-corrected chi connectivity index (χ4v) is 4.32. The second kappa shape index (κ2) is 15.5. The quantitative estimate of drug-likeness (QED) is 0.137. The van der Waals surface area contributed by atoms with E-state index in [2.05, 4.69) is 34.0 Å². The normalized spacial score (nSPS) is 12.1. The minimum atomic E-state index is -1.03. The fraction of sp³-hybridized carbons (Fsp3) is 0.286. The van der Waals surface area contributed by atoms with Gasteiger partial charge in [0.1, 0.15) is 18.2 Å². The molecule has 44 heavy (non-hydrogen) atoms. The molecule has 0 saturated carbocycles. The zero-order valence-electron chi connectivity index (χ0n) is 25.5. The van der Waals surface area contributed by atoms with Crippen LogP contribution in [-0.2, 0) is 27.5 Å². The van der Waals surface area contributed by atoms with E-state index in [4.69, 9.17) is 18.9 Å². The van der Waals surface area contributed by atoms with Gasteiger partial charge in [-0.15, -0.1) is 0 Å². The second-order valence-electron chi connectivity index (χ2n) is 11.0. The van der Waals surface area contributed by atoms with Gasteiger partial charge in [0.05, 0.1) is 26.0 Å². The Morgan fingerprint density at radius 3 is 2.39 bits per heavy atom. The first kappa shape index (κ1) is 32.0. The molecule has 0 aliphatic heterocycles. The molecule has 0 saturated heterocycles. The standard InChI is InChI=1S/C35H39N3O6/c1-5-42-32-20-26(18-19-31(32)43-23-28-16-11-15-27-14-9-10-17-29(27)28)21-36-38-33(39)30(37-34(40)44-35(2,3)4)24-41-22-25-12-7-6-8-13-25/h6-21,30H,5,22-24H2,1-4H3,(H,37,40)(H,38,39)/b36-21-/t30-/m0/s1. The topological polar surface area (TPSA) is 107 Å². The molecule has 4 aromatic rings. The second-order valence-corrected chi connectivity index (χ2v) is 11.0. The molecule has 2 amide bonds. The third-order valence-corrected chi connectivity index (χ3v) is 6.32. The maximum absolute atomic E-state index is 13.0. The molecule has 1 atom stereocenters. The Balaban J connectivity index is 1.39. The van der Waals surface area contributed by atoms with Gasteiger partial charge in [-0.25, -0.2) is 10.2 Å². The number of amides is 2. The van der Waals surface area contributed by atoms with Gasteiger partial charge in [-0.2, -0.15) is 5.10 Å². The van der Waals surface area contributed by atoms with Gasteiger partial charge in [0.15, 0.2) is 11.5 Å². The first-order valence-corrected chi connectivity index (χ1v) is 14.5. The molecule has 0 spiro atoms. The smallest absolute Gasteiger partial charge is 0.408 e. The molecule has 0 unspecified atom stereocenters. The molecule has 2 N–H and O–H groups in total. The van der Waals surface area contributed by atoms with Crippen LogP contribution in [0.1, 0.15) is 44.4 Å². The molecule has 9 nitrogen and oxygen atoms in total. The average molecular weight is 598 g/mol. The Morgan fingerprint density at radius 1 is 0.864 bits per heavy atom. The molecule has 9 heteroatoms. The van der Waals surface area contributed by atoms with Gasteiger partial charge in [-0.1, -0.05) is 72.8 Å². The SMILES string of the molecule is CCOc1cc(/C=N\NC(=O)[C@H](COCc2ccccc2)NC(=O)OC(C)(C)C)ccc1OCc1cccc2ccccc12. The summed E-state index contributed by atoms with van der Waals surface area (Å²) in [6.07, 6.45) is 0.759. The van der Waals surface area contributed by atoms with Crippen molar-refractivity contribution in [2.75, 3.05) is 13.2 Å². The van der Waals surface area contributed by atoms with E-state index >= 15 is 0 Å². The fourth-order valence-electron chi connectivity index (χ4n) is 4.32.